The minimum atomic E-state index is -1.12. The number of aromatic nitrogens is 4. The second-order valence-electron chi connectivity index (χ2n) is 8.29. The molecule has 2 aliphatic rings. The Morgan fingerprint density at radius 2 is 1.97 bits per heavy atom. The Kier molecular flexibility index (Phi) is 5.64. The lowest BCUT2D eigenvalue weighted by molar-refractivity contribution is 0.0924. The number of benzene rings is 1. The molecule has 2 aromatic heterocycles. The molecule has 5 rings (SSSR count). The van der Waals surface area contributed by atoms with Gasteiger partial charge in [-0.15, -0.1) is 0 Å². The van der Waals surface area contributed by atoms with Gasteiger partial charge in [-0.1, -0.05) is 0 Å². The highest BCUT2D eigenvalue weighted by Gasteiger charge is 2.54. The van der Waals surface area contributed by atoms with Gasteiger partial charge >= 0.3 is 0 Å². The number of anilines is 4. The van der Waals surface area contributed by atoms with Crippen LogP contribution in [0, 0.1) is 12.8 Å². The van der Waals surface area contributed by atoms with Crippen LogP contribution in [-0.2, 0) is 11.4 Å². The van der Waals surface area contributed by atoms with Crippen LogP contribution < -0.4 is 14.9 Å². The monoisotopic (exact) mass is 473 g/mol. The van der Waals surface area contributed by atoms with Crippen molar-refractivity contribution in [2.75, 3.05) is 34.3 Å². The molecule has 1 aliphatic heterocycles. The van der Waals surface area contributed by atoms with Gasteiger partial charge in [0.2, 0.25) is 0 Å². The summed E-state index contributed by atoms with van der Waals surface area (Å²) in [5.74, 6) is 2.25. The van der Waals surface area contributed by atoms with E-state index in [1.165, 1.54) is 11.8 Å². The van der Waals surface area contributed by atoms with Gasteiger partial charge in [0.25, 0.3) is 0 Å². The molecule has 0 unspecified atom stereocenters. The van der Waals surface area contributed by atoms with Crippen LogP contribution in [0.15, 0.2) is 46.5 Å². The summed E-state index contributed by atoms with van der Waals surface area (Å²) in [5.41, 5.74) is 0.559. The fourth-order valence-electron chi connectivity index (χ4n) is 3.78. The molecule has 8 nitrogen and oxygen atoms in total. The van der Waals surface area contributed by atoms with E-state index in [-0.39, 0.29) is 5.92 Å². The normalized spacial score (nSPS) is 18.2. The predicted octanol–water partition coefficient (Wildman–Crippen LogP) is 4.05. The van der Waals surface area contributed by atoms with Crippen molar-refractivity contribution in [3.63, 3.8) is 0 Å². The maximum absolute atomic E-state index is 14.9. The Morgan fingerprint density at radius 1 is 1.22 bits per heavy atom. The topological polar surface area (TPSA) is 105 Å². The average molecular weight is 474 g/mol. The number of alkyl halides is 1. The van der Waals surface area contributed by atoms with E-state index in [9.17, 15) is 8.94 Å². The highest BCUT2D eigenvalue weighted by Crippen LogP contribution is 2.48. The van der Waals surface area contributed by atoms with E-state index < -0.39 is 17.0 Å². The van der Waals surface area contributed by atoms with Crippen LogP contribution in [0.1, 0.15) is 18.5 Å². The maximum Gasteiger partial charge on any atom is 0.196 e. The Bertz CT molecular complexity index is 1100. The Balaban J connectivity index is 1.37. The molecule has 1 aliphatic carbocycles. The Morgan fingerprint density at radius 3 is 2.59 bits per heavy atom. The van der Waals surface area contributed by atoms with Gasteiger partial charge in [-0.05, 0) is 61.7 Å². The third-order valence-electron chi connectivity index (χ3n) is 5.53. The zero-order valence-corrected chi connectivity index (χ0v) is 19.4. The third-order valence-corrected chi connectivity index (χ3v) is 6.92. The van der Waals surface area contributed by atoms with Gasteiger partial charge in [-0.2, -0.15) is 5.10 Å². The van der Waals surface area contributed by atoms with E-state index >= 15 is 0 Å². The molecule has 3 aromatic rings. The molecule has 2 fully saturated rings. The molecule has 32 heavy (non-hydrogen) atoms. The summed E-state index contributed by atoms with van der Waals surface area (Å²) in [6, 6.07) is 11.3. The first-order valence-corrected chi connectivity index (χ1v) is 12.7. The van der Waals surface area contributed by atoms with Crippen molar-refractivity contribution in [2.24, 2.45) is 5.92 Å². The quantitative estimate of drug-likeness (QED) is 0.333. The minimum Gasteiger partial charge on any atom is -0.593 e. The molecule has 3 N–H and O–H groups in total. The lowest BCUT2D eigenvalue weighted by Crippen LogP contribution is -2.60. The van der Waals surface area contributed by atoms with Gasteiger partial charge in [0.05, 0.1) is 35.8 Å². The molecule has 0 amide bonds. The number of hydrogen-bond donors (Lipinski definition) is 3. The number of hydrogen-bond acceptors (Lipinski definition) is 8. The van der Waals surface area contributed by atoms with E-state index in [4.69, 9.17) is 4.98 Å². The van der Waals surface area contributed by atoms with Crippen molar-refractivity contribution < 1.29 is 8.94 Å². The molecule has 1 aromatic carbocycles. The SMILES string of the molecule is Cc1cc(Nc2cc(N3CC(F)(C4CC4)C3)nc(Sc3ccc(N[S@@+](C)[O-])cc3)n2)[nH]n1. The first kappa shape index (κ1) is 21.4. The van der Waals surface area contributed by atoms with Gasteiger partial charge in [0, 0.05) is 17.0 Å². The number of nitrogens with one attached hydrogen (secondary N) is 3. The number of aromatic amines is 1. The van der Waals surface area contributed by atoms with Gasteiger partial charge in [-0.3, -0.25) is 5.10 Å². The second-order valence-corrected chi connectivity index (χ2v) is 10.4. The van der Waals surface area contributed by atoms with Crippen LogP contribution in [0.4, 0.5) is 27.5 Å². The Hall–Kier alpha value is -2.50. The fraction of sp³-hybridized carbons (Fsp3) is 0.381. The van der Waals surface area contributed by atoms with Crippen molar-refractivity contribution in [3.05, 3.63) is 42.1 Å². The van der Waals surface area contributed by atoms with Gasteiger partial charge in [0.15, 0.2) is 5.16 Å². The van der Waals surface area contributed by atoms with Crippen LogP contribution >= 0.6 is 11.8 Å². The van der Waals surface area contributed by atoms with Crippen molar-refractivity contribution in [1.82, 2.24) is 20.2 Å². The van der Waals surface area contributed by atoms with Crippen LogP contribution in [0.5, 0.6) is 0 Å². The molecule has 11 heteroatoms. The summed E-state index contributed by atoms with van der Waals surface area (Å²) in [6.45, 7) is 2.64. The van der Waals surface area contributed by atoms with E-state index in [2.05, 4.69) is 25.2 Å². The van der Waals surface area contributed by atoms with Crippen LogP contribution in [0.2, 0.25) is 0 Å². The van der Waals surface area contributed by atoms with Gasteiger partial charge in [-0.25, -0.2) is 19.1 Å². The smallest absolute Gasteiger partial charge is 0.196 e. The second kappa shape index (κ2) is 8.45. The van der Waals surface area contributed by atoms with Crippen molar-refractivity contribution >= 4 is 46.3 Å². The van der Waals surface area contributed by atoms with E-state index in [0.717, 1.165) is 34.9 Å². The first-order valence-electron chi connectivity index (χ1n) is 10.4. The summed E-state index contributed by atoms with van der Waals surface area (Å²) in [7, 11) is 0. The molecule has 1 saturated carbocycles. The lowest BCUT2D eigenvalue weighted by Gasteiger charge is -2.45. The van der Waals surface area contributed by atoms with E-state index in [1.54, 1.807) is 6.26 Å². The molecular formula is C21H24FN7OS2. The predicted molar refractivity (Wildman–Crippen MR) is 126 cm³/mol. The molecule has 168 valence electrons. The zero-order valence-electron chi connectivity index (χ0n) is 17.8. The standard InChI is InChI=1S/C21H24FN7OS2/c1-13-9-18(27-26-13)23-17-10-19(29-11-21(22,12-29)14-3-4-14)25-20(24-17)31-16-7-5-15(6-8-16)28-32(2)30/h5-10,14,28H,3-4,11-12H2,1-2H3,(H2,23,24,25,26,27)/t32-/m1/s1. The van der Waals surface area contributed by atoms with Crippen molar-refractivity contribution in [1.29, 1.82) is 0 Å². The highest BCUT2D eigenvalue weighted by molar-refractivity contribution is 7.99. The molecule has 1 atom stereocenters. The maximum atomic E-state index is 14.9. The van der Waals surface area contributed by atoms with Crippen molar-refractivity contribution in [2.45, 2.75) is 35.5 Å². The summed E-state index contributed by atoms with van der Waals surface area (Å²) < 4.78 is 29.1. The zero-order chi connectivity index (χ0) is 22.3. The molecule has 0 bridgehead atoms. The highest BCUT2D eigenvalue weighted by atomic mass is 32.2. The molecule has 3 heterocycles. The summed E-state index contributed by atoms with van der Waals surface area (Å²) >= 11 is 0.293. The van der Waals surface area contributed by atoms with Gasteiger partial charge < -0.3 is 14.8 Å². The largest absolute Gasteiger partial charge is 0.593 e. The molecular weight excluding hydrogens is 449 g/mol. The molecule has 0 radical (unpaired) electrons. The van der Waals surface area contributed by atoms with Gasteiger partial charge in [0.1, 0.15) is 29.4 Å². The number of H-pyrrole nitrogens is 1. The number of halogens is 1. The minimum absolute atomic E-state index is 0.199. The van der Waals surface area contributed by atoms with Crippen LogP contribution in [0.25, 0.3) is 0 Å². The molecule has 1 saturated heterocycles. The number of aryl methyl sites for hydroxylation is 1. The molecule has 0 spiro atoms. The third kappa shape index (κ3) is 4.79. The summed E-state index contributed by atoms with van der Waals surface area (Å²) in [6.07, 6.45) is 3.55. The van der Waals surface area contributed by atoms with Crippen LogP contribution in [0.3, 0.4) is 0 Å². The van der Waals surface area contributed by atoms with Crippen LogP contribution in [-0.4, -0.2) is 49.7 Å². The van der Waals surface area contributed by atoms with E-state index in [0.29, 0.717) is 29.9 Å². The number of rotatable bonds is 8. The average Bonchev–Trinajstić information content (AvgIpc) is 3.50. The fourth-order valence-corrected chi connectivity index (χ4v) is 5.01. The first-order chi connectivity index (χ1) is 15.4. The summed E-state index contributed by atoms with van der Waals surface area (Å²) in [5, 5.41) is 10.9. The number of nitrogens with zero attached hydrogens (tertiary/aromatic N) is 4. The van der Waals surface area contributed by atoms with E-state index in [1.807, 2.05) is 48.2 Å². The Labute approximate surface area is 193 Å². The lowest BCUT2D eigenvalue weighted by atomic mass is 9.91. The summed E-state index contributed by atoms with van der Waals surface area (Å²) in [4.78, 5) is 12.2. The van der Waals surface area contributed by atoms with Crippen molar-refractivity contribution in [3.8, 4) is 0 Å².